The molecule has 2 aliphatic carbocycles. The normalized spacial score (nSPS) is 14.1. The number of fused-ring (bicyclic) bond motifs is 6. The Labute approximate surface area is 386 Å². The van der Waals surface area contributed by atoms with E-state index in [2.05, 4.69) is 218 Å². The second kappa shape index (κ2) is 17.5. The molecule has 8 aromatic carbocycles. The molecule has 0 bridgehead atoms. The van der Waals surface area contributed by atoms with E-state index in [1.165, 1.54) is 98.7 Å². The summed E-state index contributed by atoms with van der Waals surface area (Å²) in [6.45, 7) is 16.4. The molecule has 1 unspecified atom stereocenters. The molecule has 2 radical (unpaired) electrons. The van der Waals surface area contributed by atoms with Crippen LogP contribution in [0.2, 0.25) is 0 Å². The summed E-state index contributed by atoms with van der Waals surface area (Å²) in [4.78, 5) is 0. The molecule has 0 heterocycles. The molecule has 0 saturated heterocycles. The molecule has 2 heteroatoms. The summed E-state index contributed by atoms with van der Waals surface area (Å²) in [5.41, 5.74) is 17.2. The molecule has 1 atom stereocenters. The first-order valence-corrected chi connectivity index (χ1v) is 22.8. The zero-order chi connectivity index (χ0) is 41.6. The van der Waals surface area contributed by atoms with E-state index in [9.17, 15) is 0 Å². The molecule has 0 saturated carbocycles. The molecular weight excluding hydrogens is 828 g/mol. The van der Waals surface area contributed by atoms with E-state index in [4.69, 9.17) is 0 Å². The van der Waals surface area contributed by atoms with E-state index in [1.54, 1.807) is 0 Å². The van der Waals surface area contributed by atoms with Gasteiger partial charge in [0.15, 0.2) is 0 Å². The van der Waals surface area contributed by atoms with Crippen molar-refractivity contribution in [1.82, 2.24) is 0 Å². The van der Waals surface area contributed by atoms with Gasteiger partial charge in [-0.1, -0.05) is 228 Å². The SMILES string of the molecule is CCCC1=Cc2c(-c3c4ccccc4cc4ccccc34)cccc2C1c1c(C(C)(C)C)[c-]cc2c1Cc1cc(C(C)(C)C)ccc1-2.[Zr].c1ccc([Si]c2ccccc2)cc1. The summed E-state index contributed by atoms with van der Waals surface area (Å²) in [6, 6.07) is 61.8. The Balaban J connectivity index is 0.000000313. The van der Waals surface area contributed by atoms with Gasteiger partial charge in [-0.05, 0) is 90.6 Å². The molecule has 0 amide bonds. The van der Waals surface area contributed by atoms with Crippen molar-refractivity contribution >= 4 is 47.5 Å². The number of allylic oxidation sites excluding steroid dienone is 1. The van der Waals surface area contributed by atoms with Gasteiger partial charge in [-0.15, -0.1) is 16.7 Å². The monoisotopic (exact) mass is 881 g/mol. The van der Waals surface area contributed by atoms with Crippen molar-refractivity contribution in [3.63, 3.8) is 0 Å². The molecule has 0 aromatic heterocycles. The summed E-state index contributed by atoms with van der Waals surface area (Å²) in [6.07, 6.45) is 5.77. The van der Waals surface area contributed by atoms with E-state index in [-0.39, 0.29) is 43.0 Å². The van der Waals surface area contributed by atoms with Crippen LogP contribution in [-0.2, 0) is 43.5 Å². The van der Waals surface area contributed by atoms with Gasteiger partial charge in [0.2, 0.25) is 0 Å². The Bertz CT molecular complexity index is 2800. The van der Waals surface area contributed by atoms with Crippen molar-refractivity contribution in [1.29, 1.82) is 0 Å². The number of hydrogen-bond donors (Lipinski definition) is 0. The molecule has 8 aromatic rings. The van der Waals surface area contributed by atoms with Crippen LogP contribution in [0.25, 0.3) is 49.9 Å². The third kappa shape index (κ3) is 8.39. The molecule has 0 fully saturated rings. The van der Waals surface area contributed by atoms with Gasteiger partial charge in [-0.25, -0.2) is 0 Å². The molecule has 300 valence electrons. The van der Waals surface area contributed by atoms with Crippen LogP contribution in [0.3, 0.4) is 0 Å². The molecular formula is C59H55SiZr-. The van der Waals surface area contributed by atoms with Gasteiger partial charge >= 0.3 is 0 Å². The van der Waals surface area contributed by atoms with Gasteiger partial charge in [0, 0.05) is 26.2 Å². The molecule has 0 spiro atoms. The van der Waals surface area contributed by atoms with Crippen LogP contribution in [0.1, 0.15) is 106 Å². The fourth-order valence-corrected chi connectivity index (χ4v) is 10.7. The summed E-state index contributed by atoms with van der Waals surface area (Å²) in [5, 5.41) is 8.03. The summed E-state index contributed by atoms with van der Waals surface area (Å²) < 4.78 is 0. The van der Waals surface area contributed by atoms with Gasteiger partial charge < -0.3 is 0 Å². The third-order valence-corrected chi connectivity index (χ3v) is 13.8. The van der Waals surface area contributed by atoms with E-state index in [0.717, 1.165) is 28.8 Å². The zero-order valence-corrected chi connectivity index (χ0v) is 40.2. The smallest absolute Gasteiger partial charge is 0.121 e. The first-order valence-electron chi connectivity index (χ1n) is 21.8. The van der Waals surface area contributed by atoms with Crippen LogP contribution >= 0.6 is 0 Å². The number of rotatable bonds is 6. The largest absolute Gasteiger partial charge is 0.179 e. The second-order valence-electron chi connectivity index (χ2n) is 18.8. The standard InChI is InChI=1S/C47H45.C12H10Si.Zr/c1-8-14-31-27-40-38(19-13-20-39(40)44-35-17-11-9-15-29(35)25-30-16-10-12-18-36(30)44)43(31)45-41-28-32-26-33(46(2,3)4)21-22-34(32)37(41)23-24-42(45)47(5,6)7;1-3-7-11(8-4-1)13-12-9-5-2-6-10-12;/h9-13,15-23,25-27,43H,8,14,28H2,1-7H3;1-10H;/q-1;;. The van der Waals surface area contributed by atoms with Crippen LogP contribution in [0.5, 0.6) is 0 Å². The molecule has 61 heavy (non-hydrogen) atoms. The van der Waals surface area contributed by atoms with Gasteiger partial charge in [0.1, 0.15) is 9.52 Å². The number of hydrogen-bond acceptors (Lipinski definition) is 0. The van der Waals surface area contributed by atoms with Crippen molar-refractivity contribution < 1.29 is 26.2 Å². The van der Waals surface area contributed by atoms with Crippen molar-refractivity contribution in [3.05, 3.63) is 208 Å². The predicted octanol–water partition coefficient (Wildman–Crippen LogP) is 14.3. The molecule has 0 N–H and O–H groups in total. The zero-order valence-electron chi connectivity index (χ0n) is 36.8. The minimum atomic E-state index is -0.0285. The van der Waals surface area contributed by atoms with Crippen LogP contribution < -0.4 is 10.4 Å². The molecule has 10 rings (SSSR count). The van der Waals surface area contributed by atoms with Gasteiger partial charge in [0.05, 0.1) is 0 Å². The second-order valence-corrected chi connectivity index (χ2v) is 20.2. The fraction of sp³-hybridized carbons (Fsp3) is 0.220. The quantitative estimate of drug-likeness (QED) is 0.0887. The van der Waals surface area contributed by atoms with E-state index in [0.29, 0.717) is 0 Å². The van der Waals surface area contributed by atoms with Crippen LogP contribution in [0.4, 0.5) is 0 Å². The van der Waals surface area contributed by atoms with Crippen molar-refractivity contribution in [2.45, 2.75) is 84.5 Å². The Kier molecular flexibility index (Phi) is 12.3. The van der Waals surface area contributed by atoms with Gasteiger partial charge in [-0.2, -0.15) is 17.7 Å². The van der Waals surface area contributed by atoms with E-state index < -0.39 is 0 Å². The topological polar surface area (TPSA) is 0 Å². The Morgan fingerprint density at radius 2 is 1.21 bits per heavy atom. The summed E-state index contributed by atoms with van der Waals surface area (Å²) in [5.74, 6) is 0.225. The van der Waals surface area contributed by atoms with Crippen LogP contribution in [-0.4, -0.2) is 9.52 Å². The predicted molar refractivity (Wildman–Crippen MR) is 260 cm³/mol. The van der Waals surface area contributed by atoms with E-state index >= 15 is 0 Å². The Hall–Kier alpha value is -4.88. The molecule has 0 nitrogen and oxygen atoms in total. The fourth-order valence-electron chi connectivity index (χ4n) is 9.68. The van der Waals surface area contributed by atoms with Crippen molar-refractivity contribution in [2.75, 3.05) is 0 Å². The first kappa shape index (κ1) is 42.8. The van der Waals surface area contributed by atoms with Crippen molar-refractivity contribution in [2.24, 2.45) is 0 Å². The first-order chi connectivity index (χ1) is 29.0. The summed E-state index contributed by atoms with van der Waals surface area (Å²) in [7, 11) is 0.777. The average molecular weight is 883 g/mol. The van der Waals surface area contributed by atoms with Crippen molar-refractivity contribution in [3.8, 4) is 22.3 Å². The van der Waals surface area contributed by atoms with Crippen LogP contribution in [0, 0.1) is 6.07 Å². The Morgan fingerprint density at radius 1 is 0.607 bits per heavy atom. The maximum absolute atomic E-state index is 3.90. The minimum absolute atomic E-state index is 0. The van der Waals surface area contributed by atoms with Gasteiger partial charge in [0.25, 0.3) is 0 Å². The average Bonchev–Trinajstić information content (AvgIpc) is 3.81. The maximum atomic E-state index is 3.90. The summed E-state index contributed by atoms with van der Waals surface area (Å²) >= 11 is 0. The molecule has 2 aliphatic rings. The minimum Gasteiger partial charge on any atom is -0.179 e. The van der Waals surface area contributed by atoms with Gasteiger partial charge in [-0.3, -0.25) is 0 Å². The van der Waals surface area contributed by atoms with E-state index in [1.807, 2.05) is 0 Å². The number of benzene rings is 8. The maximum Gasteiger partial charge on any atom is 0.121 e. The Morgan fingerprint density at radius 3 is 1.80 bits per heavy atom. The third-order valence-electron chi connectivity index (χ3n) is 12.5. The molecule has 0 aliphatic heterocycles. The van der Waals surface area contributed by atoms with Crippen LogP contribution in [0.15, 0.2) is 163 Å².